The summed E-state index contributed by atoms with van der Waals surface area (Å²) in [6, 6.07) is 7.52. The van der Waals surface area contributed by atoms with Gasteiger partial charge in [0.05, 0.1) is 5.38 Å². The molecule has 0 nitrogen and oxygen atoms in total. The molecule has 0 saturated heterocycles. The maximum absolute atomic E-state index is 13.3. The lowest BCUT2D eigenvalue weighted by Crippen LogP contribution is -2.00. The Morgan fingerprint density at radius 1 is 1.11 bits per heavy atom. The molecule has 0 bridgehead atoms. The molecular weight excluding hydrogens is 357 g/mol. The van der Waals surface area contributed by atoms with Crippen molar-refractivity contribution in [2.24, 2.45) is 0 Å². The van der Waals surface area contributed by atoms with E-state index < -0.39 is 17.0 Å². The van der Waals surface area contributed by atoms with Crippen molar-refractivity contribution in [1.82, 2.24) is 0 Å². The highest BCUT2D eigenvalue weighted by molar-refractivity contribution is 9.10. The van der Waals surface area contributed by atoms with Crippen LogP contribution in [0.25, 0.3) is 0 Å². The summed E-state index contributed by atoms with van der Waals surface area (Å²) < 4.78 is 27.3. The molecule has 100 valence electrons. The highest BCUT2D eigenvalue weighted by Crippen LogP contribution is 2.37. The van der Waals surface area contributed by atoms with Crippen LogP contribution in [0.15, 0.2) is 34.8 Å². The smallest absolute Gasteiger partial charge is 0.160 e. The third-order valence-electron chi connectivity index (χ3n) is 2.90. The Morgan fingerprint density at radius 2 is 1.74 bits per heavy atom. The summed E-state index contributed by atoms with van der Waals surface area (Å²) in [6.45, 7) is 1.89. The summed E-state index contributed by atoms with van der Waals surface area (Å²) in [5.74, 6) is -1.94. The second-order valence-corrected chi connectivity index (χ2v) is 5.80. The van der Waals surface area contributed by atoms with Gasteiger partial charge in [-0.1, -0.05) is 39.7 Å². The highest BCUT2D eigenvalue weighted by Gasteiger charge is 2.19. The Bertz CT molecular complexity index is 629. The molecule has 0 radical (unpaired) electrons. The Balaban J connectivity index is 2.53. The van der Waals surface area contributed by atoms with Gasteiger partial charge in [-0.25, -0.2) is 8.78 Å². The molecule has 1 unspecified atom stereocenters. The number of halogens is 5. The number of benzene rings is 2. The summed E-state index contributed by atoms with van der Waals surface area (Å²) in [5, 5.41) is -0.529. The summed E-state index contributed by atoms with van der Waals surface area (Å²) in [5.41, 5.74) is 2.08. The van der Waals surface area contributed by atoms with Gasteiger partial charge in [0.15, 0.2) is 11.6 Å². The molecule has 0 fully saturated rings. The molecule has 0 heterocycles. The van der Waals surface area contributed by atoms with Crippen LogP contribution in [-0.4, -0.2) is 0 Å². The predicted molar refractivity (Wildman–Crippen MR) is 77.9 cm³/mol. The number of alkyl halides is 1. The molecule has 5 heteroatoms. The molecule has 0 amide bonds. The first-order chi connectivity index (χ1) is 8.91. The molecule has 2 rings (SSSR count). The second-order valence-electron chi connectivity index (χ2n) is 4.10. The third-order valence-corrected chi connectivity index (χ3v) is 4.55. The van der Waals surface area contributed by atoms with E-state index in [0.29, 0.717) is 5.56 Å². The van der Waals surface area contributed by atoms with E-state index in [9.17, 15) is 8.78 Å². The fourth-order valence-corrected chi connectivity index (χ4v) is 2.91. The Kier molecular flexibility index (Phi) is 4.49. The van der Waals surface area contributed by atoms with E-state index in [2.05, 4.69) is 15.9 Å². The van der Waals surface area contributed by atoms with Gasteiger partial charge in [-0.2, -0.15) is 0 Å². The van der Waals surface area contributed by atoms with Gasteiger partial charge < -0.3 is 0 Å². The molecule has 19 heavy (non-hydrogen) atoms. The molecule has 2 aromatic carbocycles. The van der Waals surface area contributed by atoms with Gasteiger partial charge in [-0.3, -0.25) is 0 Å². The fraction of sp³-hybridized carbons (Fsp3) is 0.143. The molecule has 0 N–H and O–H groups in total. The van der Waals surface area contributed by atoms with Crippen LogP contribution in [0.5, 0.6) is 0 Å². The Labute approximate surface area is 128 Å². The average Bonchev–Trinajstić information content (AvgIpc) is 2.36. The van der Waals surface area contributed by atoms with Crippen molar-refractivity contribution in [2.45, 2.75) is 12.3 Å². The average molecular weight is 366 g/mol. The van der Waals surface area contributed by atoms with Crippen molar-refractivity contribution < 1.29 is 8.78 Å². The maximum atomic E-state index is 13.3. The molecule has 0 aliphatic heterocycles. The second kappa shape index (κ2) is 5.78. The summed E-state index contributed by atoms with van der Waals surface area (Å²) >= 11 is 15.7. The molecule has 0 aromatic heterocycles. The zero-order chi connectivity index (χ0) is 14.2. The first-order valence-electron chi connectivity index (χ1n) is 5.45. The lowest BCUT2D eigenvalue weighted by molar-refractivity contribution is 0.507. The van der Waals surface area contributed by atoms with E-state index in [0.717, 1.165) is 27.7 Å². The molecule has 0 aliphatic rings. The summed E-state index contributed by atoms with van der Waals surface area (Å²) in [4.78, 5) is 0. The van der Waals surface area contributed by atoms with E-state index in [4.69, 9.17) is 23.2 Å². The first kappa shape index (κ1) is 14.8. The van der Waals surface area contributed by atoms with Crippen molar-refractivity contribution >= 4 is 39.1 Å². The Hall–Kier alpha value is -0.640. The van der Waals surface area contributed by atoms with Crippen LogP contribution in [0.3, 0.4) is 0 Å². The van der Waals surface area contributed by atoms with Crippen molar-refractivity contribution in [1.29, 1.82) is 0 Å². The SMILES string of the molecule is Cc1c(Br)cccc1C(Cl)c1cc(F)c(F)cc1Cl. The minimum atomic E-state index is -0.983. The van der Waals surface area contributed by atoms with Gasteiger partial charge in [0.25, 0.3) is 0 Å². The minimum absolute atomic E-state index is 0.110. The van der Waals surface area contributed by atoms with E-state index in [1.807, 2.05) is 25.1 Å². The van der Waals surface area contributed by atoms with Gasteiger partial charge in [0.2, 0.25) is 0 Å². The van der Waals surface area contributed by atoms with Crippen molar-refractivity contribution in [3.63, 3.8) is 0 Å². The topological polar surface area (TPSA) is 0 Å². The van der Waals surface area contributed by atoms with Crippen molar-refractivity contribution in [3.8, 4) is 0 Å². The standard InChI is InChI=1S/C14H9BrCl2F2/c1-7-8(3-2-4-10(7)15)14(17)9-5-12(18)13(19)6-11(9)16/h2-6,14H,1H3. The maximum Gasteiger partial charge on any atom is 0.160 e. The first-order valence-corrected chi connectivity index (χ1v) is 7.06. The summed E-state index contributed by atoms with van der Waals surface area (Å²) in [6.07, 6.45) is 0. The van der Waals surface area contributed by atoms with Crippen LogP contribution in [0.2, 0.25) is 5.02 Å². The number of hydrogen-bond acceptors (Lipinski definition) is 0. The van der Waals surface area contributed by atoms with Gasteiger partial charge in [-0.05, 0) is 41.8 Å². The molecule has 0 aliphatic carbocycles. The van der Waals surface area contributed by atoms with E-state index in [1.54, 1.807) is 0 Å². The summed E-state index contributed by atoms with van der Waals surface area (Å²) in [7, 11) is 0. The third kappa shape index (κ3) is 2.93. The molecular formula is C14H9BrCl2F2. The molecule has 1 atom stereocenters. The highest BCUT2D eigenvalue weighted by atomic mass is 79.9. The van der Waals surface area contributed by atoms with Gasteiger partial charge >= 0.3 is 0 Å². The lowest BCUT2D eigenvalue weighted by atomic mass is 10.00. The monoisotopic (exact) mass is 364 g/mol. The zero-order valence-corrected chi connectivity index (χ0v) is 13.0. The number of rotatable bonds is 2. The zero-order valence-electron chi connectivity index (χ0n) is 9.85. The fourth-order valence-electron chi connectivity index (χ4n) is 1.80. The van der Waals surface area contributed by atoms with Crippen LogP contribution in [0, 0.1) is 18.6 Å². The molecule has 0 spiro atoms. The van der Waals surface area contributed by atoms with Gasteiger partial charge in [0.1, 0.15) is 0 Å². The van der Waals surface area contributed by atoms with Crippen LogP contribution < -0.4 is 0 Å². The van der Waals surface area contributed by atoms with Crippen LogP contribution in [0.1, 0.15) is 22.1 Å². The largest absolute Gasteiger partial charge is 0.204 e. The van der Waals surface area contributed by atoms with Crippen LogP contribution in [0.4, 0.5) is 8.78 Å². The molecule has 2 aromatic rings. The Morgan fingerprint density at radius 3 is 2.42 bits per heavy atom. The van der Waals surface area contributed by atoms with Crippen LogP contribution in [-0.2, 0) is 0 Å². The normalized spacial score (nSPS) is 12.5. The predicted octanol–water partition coefficient (Wildman–Crippen LogP) is 6.02. The van der Waals surface area contributed by atoms with Gasteiger partial charge in [0, 0.05) is 9.50 Å². The van der Waals surface area contributed by atoms with Crippen LogP contribution >= 0.6 is 39.1 Å². The quantitative estimate of drug-likeness (QED) is 0.451. The van der Waals surface area contributed by atoms with Gasteiger partial charge in [-0.15, -0.1) is 11.6 Å². The van der Waals surface area contributed by atoms with E-state index >= 15 is 0 Å². The number of hydrogen-bond donors (Lipinski definition) is 0. The van der Waals surface area contributed by atoms with Crippen molar-refractivity contribution in [3.05, 3.63) is 68.2 Å². The molecule has 0 saturated carbocycles. The van der Waals surface area contributed by atoms with E-state index in [-0.39, 0.29) is 5.02 Å². The minimum Gasteiger partial charge on any atom is -0.204 e. The van der Waals surface area contributed by atoms with E-state index in [1.165, 1.54) is 0 Å². The van der Waals surface area contributed by atoms with Crippen molar-refractivity contribution in [2.75, 3.05) is 0 Å². The lowest BCUT2D eigenvalue weighted by Gasteiger charge is -2.16.